The number of fused-ring (bicyclic) bond motifs is 4. The molecule has 1 aliphatic rings. The summed E-state index contributed by atoms with van der Waals surface area (Å²) in [6.07, 6.45) is 0.740. The minimum atomic E-state index is -0.321. The lowest BCUT2D eigenvalue weighted by Gasteiger charge is -2.35. The number of nitrogens with zero attached hydrogens (tertiary/aromatic N) is 2. The fraction of sp³-hybridized carbons (Fsp3) is 0.111. The van der Waals surface area contributed by atoms with E-state index in [0.29, 0.717) is 22.7 Å². The number of benzene rings is 3. The van der Waals surface area contributed by atoms with Crippen LogP contribution in [0, 0.1) is 11.3 Å². The van der Waals surface area contributed by atoms with Crippen LogP contribution in [-0.2, 0) is 6.42 Å². The molecule has 3 heterocycles. The Morgan fingerprint density at radius 2 is 1.91 bits per heavy atom. The van der Waals surface area contributed by atoms with E-state index in [2.05, 4.69) is 23.2 Å². The number of rotatable bonds is 2. The van der Waals surface area contributed by atoms with Gasteiger partial charge >= 0.3 is 0 Å². The van der Waals surface area contributed by atoms with Gasteiger partial charge in [0.05, 0.1) is 17.7 Å². The number of furan rings is 1. The summed E-state index contributed by atoms with van der Waals surface area (Å²) in [7, 11) is 0. The lowest BCUT2D eigenvalue weighted by atomic mass is 9.91. The number of nitrogens with one attached hydrogen (secondary N) is 1. The highest BCUT2D eigenvalue weighted by molar-refractivity contribution is 6.31. The van der Waals surface area contributed by atoms with Crippen molar-refractivity contribution in [1.82, 2.24) is 9.88 Å². The van der Waals surface area contributed by atoms with Gasteiger partial charge in [-0.2, -0.15) is 5.26 Å². The molecule has 0 fully saturated rings. The summed E-state index contributed by atoms with van der Waals surface area (Å²) in [6, 6.07) is 24.5. The number of hydrogen-bond donors (Lipinski definition) is 1. The van der Waals surface area contributed by atoms with E-state index in [0.717, 1.165) is 28.6 Å². The maximum absolute atomic E-state index is 13.7. The van der Waals surface area contributed by atoms with Crippen molar-refractivity contribution in [3.63, 3.8) is 0 Å². The topological polar surface area (TPSA) is 73.0 Å². The van der Waals surface area contributed by atoms with Gasteiger partial charge in [0, 0.05) is 33.6 Å². The molecular weight excluding hydrogens is 434 g/mol. The smallest absolute Gasteiger partial charge is 0.290 e. The zero-order valence-corrected chi connectivity index (χ0v) is 18.3. The number of H-pyrrole nitrogens is 1. The molecule has 5 nitrogen and oxygen atoms in total. The molecule has 160 valence electrons. The maximum Gasteiger partial charge on any atom is 0.290 e. The Bertz CT molecular complexity index is 1570. The fourth-order valence-corrected chi connectivity index (χ4v) is 4.99. The van der Waals surface area contributed by atoms with Crippen LogP contribution in [0.2, 0.25) is 5.02 Å². The van der Waals surface area contributed by atoms with Crippen LogP contribution in [-0.4, -0.2) is 22.3 Å². The average molecular weight is 452 g/mol. The SMILES string of the molecule is N#Cc1ccc(C2c3[nH]c4ccccc4c3CCN2C(=O)c2cc3cc(Cl)ccc3o2)cc1. The molecule has 5 aromatic rings. The lowest BCUT2D eigenvalue weighted by molar-refractivity contribution is 0.0661. The number of carbonyl (C=O) groups excluding carboxylic acids is 1. The van der Waals surface area contributed by atoms with Crippen molar-refractivity contribution in [1.29, 1.82) is 5.26 Å². The first-order valence-corrected chi connectivity index (χ1v) is 11.1. The molecule has 6 rings (SSSR count). The number of aromatic amines is 1. The van der Waals surface area contributed by atoms with Crippen LogP contribution in [0.3, 0.4) is 0 Å². The van der Waals surface area contributed by atoms with Crippen LogP contribution in [0.1, 0.15) is 39.0 Å². The third-order valence-electron chi connectivity index (χ3n) is 6.34. The second kappa shape index (κ2) is 7.54. The molecule has 2 aromatic heterocycles. The molecule has 0 spiro atoms. The van der Waals surface area contributed by atoms with Crippen molar-refractivity contribution in [3.05, 3.63) is 106 Å². The van der Waals surface area contributed by atoms with Gasteiger partial charge in [-0.3, -0.25) is 4.79 Å². The van der Waals surface area contributed by atoms with E-state index in [-0.39, 0.29) is 17.7 Å². The Hall–Kier alpha value is -4.01. The monoisotopic (exact) mass is 451 g/mol. The average Bonchev–Trinajstić information content (AvgIpc) is 3.44. The van der Waals surface area contributed by atoms with Gasteiger partial charge in [-0.1, -0.05) is 41.9 Å². The van der Waals surface area contributed by atoms with Crippen LogP contribution in [0.4, 0.5) is 0 Å². The van der Waals surface area contributed by atoms with Crippen LogP contribution in [0.25, 0.3) is 21.9 Å². The summed E-state index contributed by atoms with van der Waals surface area (Å²) in [6.45, 7) is 0.552. The van der Waals surface area contributed by atoms with Crippen molar-refractivity contribution in [2.75, 3.05) is 6.54 Å². The van der Waals surface area contributed by atoms with Crippen molar-refractivity contribution >= 4 is 39.4 Å². The third kappa shape index (κ3) is 3.19. The molecule has 1 aliphatic heterocycles. The molecule has 1 amide bonds. The third-order valence-corrected chi connectivity index (χ3v) is 6.58. The molecule has 0 aliphatic carbocycles. The quantitative estimate of drug-likeness (QED) is 0.346. The van der Waals surface area contributed by atoms with Crippen molar-refractivity contribution in [3.8, 4) is 6.07 Å². The Kier molecular flexibility index (Phi) is 4.49. The molecule has 1 N–H and O–H groups in total. The number of amides is 1. The molecule has 1 unspecified atom stereocenters. The van der Waals surface area contributed by atoms with Crippen LogP contribution in [0.5, 0.6) is 0 Å². The Labute approximate surface area is 194 Å². The zero-order chi connectivity index (χ0) is 22.5. The summed E-state index contributed by atoms with van der Waals surface area (Å²) in [5.74, 6) is 0.103. The molecule has 3 aromatic carbocycles. The molecule has 0 saturated heterocycles. The Balaban J connectivity index is 1.49. The first-order valence-electron chi connectivity index (χ1n) is 10.7. The number of aromatic nitrogens is 1. The van der Waals surface area contributed by atoms with Gasteiger partial charge in [0.2, 0.25) is 0 Å². The van der Waals surface area contributed by atoms with Crippen molar-refractivity contribution < 1.29 is 9.21 Å². The van der Waals surface area contributed by atoms with Gasteiger partial charge in [0.15, 0.2) is 5.76 Å². The molecule has 6 heteroatoms. The van der Waals surface area contributed by atoms with Crippen molar-refractivity contribution in [2.45, 2.75) is 12.5 Å². The minimum absolute atomic E-state index is 0.180. The van der Waals surface area contributed by atoms with E-state index in [9.17, 15) is 10.1 Å². The van der Waals surface area contributed by atoms with Gasteiger partial charge in [-0.25, -0.2) is 0 Å². The maximum atomic E-state index is 13.7. The van der Waals surface area contributed by atoms with Gasteiger partial charge < -0.3 is 14.3 Å². The number of para-hydroxylation sites is 1. The summed E-state index contributed by atoms with van der Waals surface area (Å²) in [4.78, 5) is 19.1. The van der Waals surface area contributed by atoms with Crippen LogP contribution >= 0.6 is 11.6 Å². The summed E-state index contributed by atoms with van der Waals surface area (Å²) < 4.78 is 5.90. The largest absolute Gasteiger partial charge is 0.451 e. The van der Waals surface area contributed by atoms with E-state index in [1.165, 1.54) is 10.9 Å². The standard InChI is InChI=1S/C27H18ClN3O2/c28-19-9-10-23-18(13-19)14-24(33-23)27(32)31-12-11-21-20-3-1-2-4-22(20)30-25(21)26(31)17-7-5-16(15-29)6-8-17/h1-10,13-14,26,30H,11-12H2. The van der Waals surface area contributed by atoms with Crippen molar-refractivity contribution in [2.24, 2.45) is 0 Å². The fourth-order valence-electron chi connectivity index (χ4n) is 4.81. The second-order valence-electron chi connectivity index (χ2n) is 8.24. The molecule has 0 radical (unpaired) electrons. The summed E-state index contributed by atoms with van der Waals surface area (Å²) in [5.41, 5.74) is 5.42. The van der Waals surface area contributed by atoms with Gasteiger partial charge in [0.1, 0.15) is 5.58 Å². The molecule has 1 atom stereocenters. The van der Waals surface area contributed by atoms with Gasteiger partial charge in [-0.15, -0.1) is 0 Å². The predicted octanol–water partition coefficient (Wildman–Crippen LogP) is 6.23. The van der Waals surface area contributed by atoms with E-state index >= 15 is 0 Å². The highest BCUT2D eigenvalue weighted by Gasteiger charge is 2.36. The molecule has 0 saturated carbocycles. The minimum Gasteiger partial charge on any atom is -0.451 e. The highest BCUT2D eigenvalue weighted by Crippen LogP contribution is 2.39. The number of nitriles is 1. The van der Waals surface area contributed by atoms with Gasteiger partial charge in [-0.05, 0) is 60.0 Å². The first-order chi connectivity index (χ1) is 16.1. The van der Waals surface area contributed by atoms with Gasteiger partial charge in [0.25, 0.3) is 5.91 Å². The molecule has 0 bridgehead atoms. The number of halogens is 1. The summed E-state index contributed by atoms with van der Waals surface area (Å²) >= 11 is 6.11. The number of hydrogen-bond acceptors (Lipinski definition) is 3. The highest BCUT2D eigenvalue weighted by atomic mass is 35.5. The number of carbonyl (C=O) groups is 1. The van der Waals surface area contributed by atoms with E-state index in [1.54, 1.807) is 36.4 Å². The molecule has 33 heavy (non-hydrogen) atoms. The Morgan fingerprint density at radius 3 is 2.73 bits per heavy atom. The lowest BCUT2D eigenvalue weighted by Crippen LogP contribution is -2.40. The van der Waals surface area contributed by atoms with E-state index in [4.69, 9.17) is 16.0 Å². The Morgan fingerprint density at radius 1 is 1.09 bits per heavy atom. The predicted molar refractivity (Wildman–Crippen MR) is 127 cm³/mol. The van der Waals surface area contributed by atoms with Crippen LogP contribution in [0.15, 0.2) is 77.2 Å². The molecular formula is C27H18ClN3O2. The zero-order valence-electron chi connectivity index (χ0n) is 17.5. The van der Waals surface area contributed by atoms with Crippen LogP contribution < -0.4 is 0 Å². The summed E-state index contributed by atoms with van der Waals surface area (Å²) in [5, 5.41) is 11.8. The van der Waals surface area contributed by atoms with E-state index < -0.39 is 0 Å². The second-order valence-corrected chi connectivity index (χ2v) is 8.68. The normalized spacial score (nSPS) is 15.5. The first kappa shape index (κ1) is 19.7. The van der Waals surface area contributed by atoms with E-state index in [1.807, 2.05) is 29.2 Å².